The van der Waals surface area contributed by atoms with E-state index >= 15 is 0 Å². The minimum Gasteiger partial charge on any atom is -0.493 e. The molecular formula is C19H23F3N2O5. The number of amides is 2. The summed E-state index contributed by atoms with van der Waals surface area (Å²) in [6.45, 7) is 1.70. The fraction of sp³-hybridized carbons (Fsp3) is 0.579. The number of hydrogen-bond donors (Lipinski definition) is 1. The predicted octanol–water partition coefficient (Wildman–Crippen LogP) is 2.70. The number of alkyl halides is 3. The molecule has 3 rings (SSSR count). The first-order valence-corrected chi connectivity index (χ1v) is 9.42. The van der Waals surface area contributed by atoms with Gasteiger partial charge in [0.15, 0.2) is 6.10 Å². The Labute approximate surface area is 166 Å². The highest BCUT2D eigenvalue weighted by Crippen LogP contribution is 2.30. The fourth-order valence-corrected chi connectivity index (χ4v) is 3.53. The lowest BCUT2D eigenvalue weighted by Gasteiger charge is -2.37. The van der Waals surface area contributed by atoms with Gasteiger partial charge in [0.25, 0.3) is 5.91 Å². The lowest BCUT2D eigenvalue weighted by Crippen LogP contribution is -2.54. The van der Waals surface area contributed by atoms with E-state index in [1.807, 2.05) is 0 Å². The molecule has 0 bridgehead atoms. The van der Waals surface area contributed by atoms with Gasteiger partial charge in [0.1, 0.15) is 5.75 Å². The molecule has 2 atom stereocenters. The van der Waals surface area contributed by atoms with Crippen molar-refractivity contribution in [3.8, 4) is 5.75 Å². The van der Waals surface area contributed by atoms with E-state index in [4.69, 9.17) is 14.6 Å². The van der Waals surface area contributed by atoms with Gasteiger partial charge in [-0.1, -0.05) is 0 Å². The van der Waals surface area contributed by atoms with Crippen LogP contribution in [-0.4, -0.2) is 72.4 Å². The van der Waals surface area contributed by atoms with Crippen molar-refractivity contribution in [3.63, 3.8) is 0 Å². The summed E-state index contributed by atoms with van der Waals surface area (Å²) in [4.78, 5) is 26.6. The molecule has 2 amide bonds. The van der Waals surface area contributed by atoms with Crippen molar-refractivity contribution in [2.45, 2.75) is 25.1 Å². The second kappa shape index (κ2) is 8.89. The summed E-state index contributed by atoms with van der Waals surface area (Å²) in [5, 5.41) is 9.10. The zero-order valence-corrected chi connectivity index (χ0v) is 15.7. The predicted molar refractivity (Wildman–Crippen MR) is 95.6 cm³/mol. The van der Waals surface area contributed by atoms with Crippen molar-refractivity contribution < 1.29 is 37.3 Å². The molecule has 160 valence electrons. The lowest BCUT2D eigenvalue weighted by molar-refractivity contribution is -0.150. The number of likely N-dealkylation sites (tertiary alicyclic amines) is 1. The third kappa shape index (κ3) is 5.53. The second-order valence-electron chi connectivity index (χ2n) is 7.21. The van der Waals surface area contributed by atoms with Crippen molar-refractivity contribution in [3.05, 3.63) is 29.8 Å². The van der Waals surface area contributed by atoms with Gasteiger partial charge >= 0.3 is 12.3 Å². The van der Waals surface area contributed by atoms with Gasteiger partial charge in [-0.3, -0.25) is 4.79 Å². The van der Waals surface area contributed by atoms with Gasteiger partial charge < -0.3 is 24.4 Å². The van der Waals surface area contributed by atoms with Crippen molar-refractivity contribution in [2.24, 2.45) is 5.92 Å². The van der Waals surface area contributed by atoms with Crippen molar-refractivity contribution >= 4 is 12.0 Å². The number of carbonyl (C=O) groups excluding carboxylic acids is 1. The molecule has 2 aliphatic heterocycles. The fourth-order valence-electron chi connectivity index (χ4n) is 3.53. The first kappa shape index (κ1) is 21.2. The monoisotopic (exact) mass is 416 g/mol. The summed E-state index contributed by atoms with van der Waals surface area (Å²) in [5.74, 6) is 0.138. The number of benzene rings is 1. The summed E-state index contributed by atoms with van der Waals surface area (Å²) in [6.07, 6.45) is -4.68. The zero-order valence-electron chi connectivity index (χ0n) is 15.7. The quantitative estimate of drug-likeness (QED) is 0.817. The Hall–Kier alpha value is -2.49. The van der Waals surface area contributed by atoms with E-state index in [1.165, 1.54) is 17.0 Å². The van der Waals surface area contributed by atoms with Gasteiger partial charge in [-0.05, 0) is 37.1 Å². The number of ether oxygens (including phenoxy) is 2. The van der Waals surface area contributed by atoms with Gasteiger partial charge in [0.05, 0.1) is 25.3 Å². The molecule has 2 aliphatic rings. The molecule has 2 saturated heterocycles. The minimum absolute atomic E-state index is 0.0113. The lowest BCUT2D eigenvalue weighted by atomic mass is 9.98. The van der Waals surface area contributed by atoms with E-state index < -0.39 is 23.9 Å². The highest BCUT2D eigenvalue weighted by atomic mass is 19.4. The molecule has 0 aromatic heterocycles. The molecule has 1 aromatic rings. The van der Waals surface area contributed by atoms with Crippen LogP contribution in [0.4, 0.5) is 18.0 Å². The maximum Gasteiger partial charge on any atom is 0.416 e. The standard InChI is InChI=1S/C19H23F3N2O5/c20-19(21,22)14-3-5-15(6-4-14)29-12-13-2-1-7-23(10-13)17(25)16-11-24(18(26)27)8-9-28-16/h3-6,13,16H,1-2,7-12H2,(H,26,27). The number of rotatable bonds is 4. The van der Waals surface area contributed by atoms with Crippen molar-refractivity contribution in [2.75, 3.05) is 39.4 Å². The van der Waals surface area contributed by atoms with E-state index in [9.17, 15) is 22.8 Å². The molecule has 0 aliphatic carbocycles. The maximum absolute atomic E-state index is 12.7. The number of carboxylic acid groups (broad SMARTS) is 1. The third-order valence-electron chi connectivity index (χ3n) is 5.11. The summed E-state index contributed by atoms with van der Waals surface area (Å²) < 4.78 is 48.9. The Bertz CT molecular complexity index is 726. The van der Waals surface area contributed by atoms with E-state index in [2.05, 4.69) is 0 Å². The van der Waals surface area contributed by atoms with Crippen LogP contribution < -0.4 is 4.74 Å². The van der Waals surface area contributed by atoms with E-state index in [0.717, 1.165) is 25.0 Å². The van der Waals surface area contributed by atoms with Gasteiger partial charge in [-0.15, -0.1) is 0 Å². The molecule has 1 N–H and O–H groups in total. The van der Waals surface area contributed by atoms with Crippen LogP contribution in [0.2, 0.25) is 0 Å². The van der Waals surface area contributed by atoms with Crippen LogP contribution in [0.25, 0.3) is 0 Å². The molecule has 1 aromatic carbocycles. The summed E-state index contributed by atoms with van der Waals surface area (Å²) >= 11 is 0. The maximum atomic E-state index is 12.7. The number of morpholine rings is 1. The van der Waals surface area contributed by atoms with Crippen LogP contribution in [0.3, 0.4) is 0 Å². The molecule has 2 fully saturated rings. The minimum atomic E-state index is -4.39. The van der Waals surface area contributed by atoms with Crippen molar-refractivity contribution in [1.29, 1.82) is 0 Å². The van der Waals surface area contributed by atoms with Crippen LogP contribution in [-0.2, 0) is 15.7 Å². The van der Waals surface area contributed by atoms with Gasteiger partial charge in [0, 0.05) is 25.6 Å². The topological polar surface area (TPSA) is 79.3 Å². The van der Waals surface area contributed by atoms with E-state index in [0.29, 0.717) is 18.8 Å². The molecule has 0 saturated carbocycles. The second-order valence-corrected chi connectivity index (χ2v) is 7.21. The largest absolute Gasteiger partial charge is 0.493 e. The molecule has 7 nitrogen and oxygen atoms in total. The Balaban J connectivity index is 1.51. The number of nitrogens with zero attached hydrogens (tertiary/aromatic N) is 2. The summed E-state index contributed by atoms with van der Waals surface area (Å²) in [5.41, 5.74) is -0.734. The molecule has 0 radical (unpaired) electrons. The molecule has 0 spiro atoms. The zero-order chi connectivity index (χ0) is 21.0. The molecular weight excluding hydrogens is 393 g/mol. The Morgan fingerprint density at radius 3 is 2.52 bits per heavy atom. The van der Waals surface area contributed by atoms with Crippen LogP contribution in [0.15, 0.2) is 24.3 Å². The van der Waals surface area contributed by atoms with E-state index in [1.54, 1.807) is 4.90 Å². The summed E-state index contributed by atoms with van der Waals surface area (Å²) in [7, 11) is 0. The van der Waals surface area contributed by atoms with Crippen LogP contribution in [0.1, 0.15) is 18.4 Å². The highest BCUT2D eigenvalue weighted by molar-refractivity contribution is 5.82. The van der Waals surface area contributed by atoms with Crippen LogP contribution >= 0.6 is 0 Å². The third-order valence-corrected chi connectivity index (χ3v) is 5.11. The Morgan fingerprint density at radius 2 is 1.86 bits per heavy atom. The molecule has 2 heterocycles. The first-order valence-electron chi connectivity index (χ1n) is 9.42. The van der Waals surface area contributed by atoms with Gasteiger partial charge in [-0.2, -0.15) is 13.2 Å². The number of halogens is 3. The van der Waals surface area contributed by atoms with Gasteiger partial charge in [0.2, 0.25) is 0 Å². The van der Waals surface area contributed by atoms with Crippen LogP contribution in [0.5, 0.6) is 5.75 Å². The SMILES string of the molecule is O=C(O)N1CCOC(C(=O)N2CCCC(COc3ccc(C(F)(F)F)cc3)C2)C1. The van der Waals surface area contributed by atoms with Crippen molar-refractivity contribution in [1.82, 2.24) is 9.80 Å². The normalized spacial score (nSPS) is 23.0. The number of hydrogen-bond acceptors (Lipinski definition) is 4. The summed E-state index contributed by atoms with van der Waals surface area (Å²) in [6, 6.07) is 4.51. The Morgan fingerprint density at radius 1 is 1.14 bits per heavy atom. The van der Waals surface area contributed by atoms with Gasteiger partial charge in [-0.25, -0.2) is 4.79 Å². The molecule has 29 heavy (non-hydrogen) atoms. The smallest absolute Gasteiger partial charge is 0.416 e. The molecule has 10 heteroatoms. The molecule has 2 unspecified atom stereocenters. The highest BCUT2D eigenvalue weighted by Gasteiger charge is 2.34. The average Bonchev–Trinajstić information content (AvgIpc) is 2.71. The van der Waals surface area contributed by atoms with Crippen LogP contribution in [0, 0.1) is 5.92 Å². The average molecular weight is 416 g/mol. The first-order chi connectivity index (χ1) is 13.7. The number of carbonyl (C=O) groups is 2. The van der Waals surface area contributed by atoms with E-state index in [-0.39, 0.29) is 38.1 Å². The Kier molecular flexibility index (Phi) is 6.51. The number of piperidine rings is 1.